The van der Waals surface area contributed by atoms with Crippen molar-refractivity contribution in [2.75, 3.05) is 37.6 Å². The Morgan fingerprint density at radius 1 is 0.967 bits per heavy atom. The van der Waals surface area contributed by atoms with Crippen LogP contribution in [0.5, 0.6) is 0 Å². The number of carbonyl (C=O) groups is 1. The highest BCUT2D eigenvalue weighted by molar-refractivity contribution is 6.17. The van der Waals surface area contributed by atoms with Crippen LogP contribution in [0.15, 0.2) is 30.3 Å². The van der Waals surface area contributed by atoms with E-state index in [0.717, 1.165) is 66.6 Å². The van der Waals surface area contributed by atoms with E-state index in [-0.39, 0.29) is 5.78 Å². The van der Waals surface area contributed by atoms with Crippen LogP contribution in [0.2, 0.25) is 0 Å². The first-order chi connectivity index (χ1) is 14.3. The molecule has 2 fully saturated rings. The molecule has 0 radical (unpaired) electrons. The van der Waals surface area contributed by atoms with Crippen LogP contribution in [0, 0.1) is 5.41 Å². The average Bonchev–Trinajstić information content (AvgIpc) is 2.84. The second-order valence-corrected chi connectivity index (χ2v) is 9.33. The van der Waals surface area contributed by atoms with Crippen LogP contribution in [-0.4, -0.2) is 49.6 Å². The summed E-state index contributed by atoms with van der Waals surface area (Å²) in [5, 5.41) is 2.21. The summed E-state index contributed by atoms with van der Waals surface area (Å²) >= 11 is 0. The zero-order valence-electron chi connectivity index (χ0n) is 17.1. The molecule has 0 spiro atoms. The first-order valence-electron chi connectivity index (χ1n) is 11.0. The van der Waals surface area contributed by atoms with Gasteiger partial charge in [-0.2, -0.15) is 13.2 Å². The van der Waals surface area contributed by atoms with E-state index in [0.29, 0.717) is 25.8 Å². The number of hydrogen-bond acceptors (Lipinski definition) is 3. The lowest BCUT2D eigenvalue weighted by Crippen LogP contribution is -2.46. The number of carbonyl (C=O) groups excluding carboxylic acids is 1. The molecule has 2 aromatic rings. The summed E-state index contributed by atoms with van der Waals surface area (Å²) in [6.45, 7) is 3.86. The van der Waals surface area contributed by atoms with Crippen molar-refractivity contribution in [1.82, 2.24) is 4.90 Å². The highest BCUT2D eigenvalue weighted by Gasteiger charge is 2.47. The van der Waals surface area contributed by atoms with Crippen LogP contribution in [0.1, 0.15) is 48.0 Å². The van der Waals surface area contributed by atoms with Crippen LogP contribution in [0.4, 0.5) is 18.9 Å². The molecule has 1 saturated carbocycles. The quantitative estimate of drug-likeness (QED) is 0.683. The van der Waals surface area contributed by atoms with Crippen LogP contribution >= 0.6 is 0 Å². The van der Waals surface area contributed by atoms with Crippen molar-refractivity contribution < 1.29 is 18.0 Å². The molecule has 30 heavy (non-hydrogen) atoms. The van der Waals surface area contributed by atoms with E-state index in [1.165, 1.54) is 0 Å². The topological polar surface area (TPSA) is 23.6 Å². The molecule has 0 unspecified atom stereocenters. The van der Waals surface area contributed by atoms with Crippen molar-refractivity contribution in [2.45, 2.75) is 44.7 Å². The van der Waals surface area contributed by atoms with Gasteiger partial charge in [0.1, 0.15) is 0 Å². The number of benzene rings is 2. The highest BCUT2D eigenvalue weighted by atomic mass is 19.4. The van der Waals surface area contributed by atoms with E-state index in [2.05, 4.69) is 28.0 Å². The number of rotatable bonds is 4. The van der Waals surface area contributed by atoms with Crippen molar-refractivity contribution in [2.24, 2.45) is 5.41 Å². The maximum absolute atomic E-state index is 13.1. The smallest absolute Gasteiger partial charge is 0.370 e. The monoisotopic (exact) mass is 416 g/mol. The lowest BCUT2D eigenvalue weighted by molar-refractivity contribution is -0.172. The first-order valence-corrected chi connectivity index (χ1v) is 11.0. The minimum Gasteiger partial charge on any atom is -0.370 e. The van der Waals surface area contributed by atoms with E-state index in [9.17, 15) is 18.0 Å². The van der Waals surface area contributed by atoms with E-state index in [1.807, 2.05) is 12.1 Å². The Balaban J connectivity index is 1.34. The molecule has 0 atom stereocenters. The van der Waals surface area contributed by atoms with Crippen LogP contribution < -0.4 is 4.90 Å². The number of anilines is 1. The largest absolute Gasteiger partial charge is 0.389 e. The van der Waals surface area contributed by atoms with Gasteiger partial charge in [-0.15, -0.1) is 0 Å². The fourth-order valence-corrected chi connectivity index (χ4v) is 5.73. The maximum atomic E-state index is 13.1. The molecule has 3 aliphatic rings. The molecule has 0 N–H and O–H groups in total. The van der Waals surface area contributed by atoms with Gasteiger partial charge < -0.3 is 9.80 Å². The predicted octanol–water partition coefficient (Wildman–Crippen LogP) is 5.21. The van der Waals surface area contributed by atoms with Gasteiger partial charge in [-0.3, -0.25) is 4.79 Å². The van der Waals surface area contributed by atoms with Gasteiger partial charge in [0.15, 0.2) is 5.78 Å². The van der Waals surface area contributed by atoms with E-state index < -0.39 is 18.0 Å². The maximum Gasteiger partial charge on any atom is 0.389 e. The molecular weight excluding hydrogens is 389 g/mol. The van der Waals surface area contributed by atoms with E-state index in [1.54, 1.807) is 0 Å². The lowest BCUT2D eigenvalue weighted by Gasteiger charge is -2.45. The van der Waals surface area contributed by atoms with Gasteiger partial charge in [0.25, 0.3) is 0 Å². The number of halogens is 3. The zero-order valence-corrected chi connectivity index (χ0v) is 17.1. The van der Waals surface area contributed by atoms with Gasteiger partial charge >= 0.3 is 6.18 Å². The third kappa shape index (κ3) is 3.59. The SMILES string of the molecule is O=C1Cc2ccc(N3CCCN(CC4(CC(F)(F)F)CCC4)CC3)c3cccc1c23. The normalized spacial score (nSPS) is 21.7. The Bertz CT molecular complexity index is 980. The molecule has 6 heteroatoms. The van der Waals surface area contributed by atoms with Crippen molar-refractivity contribution in [1.29, 1.82) is 0 Å². The molecule has 3 nitrogen and oxygen atoms in total. The van der Waals surface area contributed by atoms with Crippen LogP contribution in [-0.2, 0) is 6.42 Å². The van der Waals surface area contributed by atoms with Gasteiger partial charge in [0, 0.05) is 49.2 Å². The Labute approximate surface area is 174 Å². The second-order valence-electron chi connectivity index (χ2n) is 9.33. The molecule has 1 heterocycles. The third-order valence-electron chi connectivity index (χ3n) is 7.23. The summed E-state index contributed by atoms with van der Waals surface area (Å²) < 4.78 is 39.3. The molecule has 0 amide bonds. The van der Waals surface area contributed by atoms with Crippen molar-refractivity contribution in [3.05, 3.63) is 41.5 Å². The molecule has 1 aliphatic heterocycles. The summed E-state index contributed by atoms with van der Waals surface area (Å²) in [5.74, 6) is 0.185. The molecule has 1 saturated heterocycles. The summed E-state index contributed by atoms with van der Waals surface area (Å²) in [4.78, 5) is 16.9. The van der Waals surface area contributed by atoms with Gasteiger partial charge in [-0.05, 0) is 48.2 Å². The van der Waals surface area contributed by atoms with Crippen molar-refractivity contribution >= 4 is 22.2 Å². The summed E-state index contributed by atoms with van der Waals surface area (Å²) in [7, 11) is 0. The summed E-state index contributed by atoms with van der Waals surface area (Å²) in [6, 6.07) is 10.1. The van der Waals surface area contributed by atoms with Gasteiger partial charge in [-0.25, -0.2) is 0 Å². The molecule has 2 aromatic carbocycles. The standard InChI is InChI=1S/C24H27F3N2O/c25-24(26,27)15-23(8-2-9-23)16-28-10-3-11-29(13-12-28)20-7-6-17-14-21(30)19-5-1-4-18(20)22(17)19/h1,4-7H,2-3,8-16H2. The second kappa shape index (κ2) is 7.26. The Morgan fingerprint density at radius 2 is 1.80 bits per heavy atom. The molecular formula is C24H27F3N2O. The fourth-order valence-electron chi connectivity index (χ4n) is 5.73. The molecule has 5 rings (SSSR count). The minimum absolute atomic E-state index is 0.185. The first kappa shape index (κ1) is 19.9. The Kier molecular flexibility index (Phi) is 4.80. The molecule has 2 aliphatic carbocycles. The van der Waals surface area contributed by atoms with Crippen LogP contribution in [0.25, 0.3) is 10.8 Å². The molecule has 0 aromatic heterocycles. The Morgan fingerprint density at radius 3 is 2.53 bits per heavy atom. The number of ketones is 1. The summed E-state index contributed by atoms with van der Waals surface area (Å²) in [5.41, 5.74) is 2.49. The van der Waals surface area contributed by atoms with Crippen molar-refractivity contribution in [3.8, 4) is 0 Å². The Hall–Kier alpha value is -2.08. The van der Waals surface area contributed by atoms with Gasteiger partial charge in [0.05, 0.1) is 6.42 Å². The van der Waals surface area contributed by atoms with Crippen LogP contribution in [0.3, 0.4) is 0 Å². The van der Waals surface area contributed by atoms with E-state index >= 15 is 0 Å². The molecule has 160 valence electrons. The predicted molar refractivity (Wildman–Crippen MR) is 112 cm³/mol. The average molecular weight is 416 g/mol. The lowest BCUT2D eigenvalue weighted by atomic mass is 9.66. The number of Topliss-reactive ketones (excluding diaryl/α,β-unsaturated/α-hetero) is 1. The van der Waals surface area contributed by atoms with Gasteiger partial charge in [0.2, 0.25) is 0 Å². The van der Waals surface area contributed by atoms with Crippen molar-refractivity contribution in [3.63, 3.8) is 0 Å². The number of alkyl halides is 3. The third-order valence-corrected chi connectivity index (χ3v) is 7.23. The zero-order chi connectivity index (χ0) is 20.9. The minimum atomic E-state index is -4.08. The highest BCUT2D eigenvalue weighted by Crippen LogP contribution is 2.49. The summed E-state index contributed by atoms with van der Waals surface area (Å²) in [6.07, 6.45) is -1.03. The van der Waals surface area contributed by atoms with Gasteiger partial charge in [-0.1, -0.05) is 30.7 Å². The number of nitrogens with zero attached hydrogens (tertiary/aromatic N) is 2. The fraction of sp³-hybridized carbons (Fsp3) is 0.542. The van der Waals surface area contributed by atoms with E-state index in [4.69, 9.17) is 0 Å². The molecule has 0 bridgehead atoms. The number of hydrogen-bond donors (Lipinski definition) is 0.